The van der Waals surface area contributed by atoms with Gasteiger partial charge in [0, 0.05) is 5.56 Å². The standard InChI is InChI=1S/C19H17F3N2O4/c1-3-27-16-8-11(4-7-15(16)28-10-17(25)26-2)18-23-13-6-5-12(19(20,21)22)9-14(13)24-18/h4-9H,3,10H2,1-2H3,(H,23,24). The highest BCUT2D eigenvalue weighted by Gasteiger charge is 2.30. The number of aromatic nitrogens is 2. The monoisotopic (exact) mass is 394 g/mol. The maximum Gasteiger partial charge on any atom is 0.416 e. The number of aromatic amines is 1. The summed E-state index contributed by atoms with van der Waals surface area (Å²) in [6, 6.07) is 8.22. The lowest BCUT2D eigenvalue weighted by Crippen LogP contribution is -2.13. The summed E-state index contributed by atoms with van der Waals surface area (Å²) in [6.07, 6.45) is -4.43. The Hall–Kier alpha value is -3.23. The third-order valence-corrected chi connectivity index (χ3v) is 3.90. The van der Waals surface area contributed by atoms with Crippen molar-refractivity contribution in [2.45, 2.75) is 13.1 Å². The maximum absolute atomic E-state index is 12.9. The summed E-state index contributed by atoms with van der Waals surface area (Å²) < 4.78 is 54.1. The molecule has 0 radical (unpaired) electrons. The fraction of sp³-hybridized carbons (Fsp3) is 0.263. The lowest BCUT2D eigenvalue weighted by atomic mass is 10.2. The van der Waals surface area contributed by atoms with E-state index in [1.165, 1.54) is 13.2 Å². The Kier molecular flexibility index (Phi) is 5.43. The van der Waals surface area contributed by atoms with E-state index >= 15 is 0 Å². The summed E-state index contributed by atoms with van der Waals surface area (Å²) in [5, 5.41) is 0. The fourth-order valence-electron chi connectivity index (χ4n) is 2.56. The van der Waals surface area contributed by atoms with Crippen molar-refractivity contribution in [3.63, 3.8) is 0 Å². The van der Waals surface area contributed by atoms with Gasteiger partial charge in [-0.15, -0.1) is 0 Å². The van der Waals surface area contributed by atoms with Crippen LogP contribution in [-0.4, -0.2) is 36.3 Å². The molecule has 0 saturated heterocycles. The van der Waals surface area contributed by atoms with E-state index in [0.29, 0.717) is 35.0 Å². The highest BCUT2D eigenvalue weighted by atomic mass is 19.4. The van der Waals surface area contributed by atoms with Crippen LogP contribution in [0.3, 0.4) is 0 Å². The van der Waals surface area contributed by atoms with Crippen molar-refractivity contribution >= 4 is 17.0 Å². The molecule has 0 aliphatic rings. The molecule has 9 heteroatoms. The van der Waals surface area contributed by atoms with E-state index < -0.39 is 17.7 Å². The highest BCUT2D eigenvalue weighted by Crippen LogP contribution is 2.34. The zero-order chi connectivity index (χ0) is 20.3. The van der Waals surface area contributed by atoms with Gasteiger partial charge in [-0.05, 0) is 43.3 Å². The van der Waals surface area contributed by atoms with Gasteiger partial charge in [0.1, 0.15) is 5.82 Å². The molecule has 0 atom stereocenters. The number of rotatable bonds is 6. The molecule has 0 aliphatic heterocycles. The molecule has 1 heterocycles. The average molecular weight is 394 g/mol. The van der Waals surface area contributed by atoms with Crippen molar-refractivity contribution < 1.29 is 32.2 Å². The van der Waals surface area contributed by atoms with Crippen LogP contribution < -0.4 is 9.47 Å². The van der Waals surface area contributed by atoms with Crippen molar-refractivity contribution in [3.05, 3.63) is 42.0 Å². The van der Waals surface area contributed by atoms with Gasteiger partial charge in [-0.3, -0.25) is 0 Å². The fourth-order valence-corrected chi connectivity index (χ4v) is 2.56. The molecule has 3 rings (SSSR count). The molecular formula is C19H17F3N2O4. The Morgan fingerprint density at radius 3 is 2.57 bits per heavy atom. The van der Waals surface area contributed by atoms with Crippen LogP contribution in [0, 0.1) is 0 Å². The molecule has 0 fully saturated rings. The largest absolute Gasteiger partial charge is 0.490 e. The van der Waals surface area contributed by atoms with Gasteiger partial charge in [0.2, 0.25) is 0 Å². The van der Waals surface area contributed by atoms with Crippen molar-refractivity contribution in [1.82, 2.24) is 9.97 Å². The van der Waals surface area contributed by atoms with Crippen LogP contribution in [0.25, 0.3) is 22.4 Å². The Balaban J connectivity index is 1.94. The number of imidazole rings is 1. The second-order valence-electron chi connectivity index (χ2n) is 5.77. The van der Waals surface area contributed by atoms with Gasteiger partial charge in [0.15, 0.2) is 18.1 Å². The summed E-state index contributed by atoms with van der Waals surface area (Å²) in [5.41, 5.74) is 0.524. The molecule has 148 valence electrons. The molecule has 0 aliphatic carbocycles. The Labute approximate surface area is 158 Å². The summed E-state index contributed by atoms with van der Waals surface area (Å²) in [5.74, 6) is 0.561. The van der Waals surface area contributed by atoms with Gasteiger partial charge >= 0.3 is 12.1 Å². The molecule has 28 heavy (non-hydrogen) atoms. The third kappa shape index (κ3) is 4.19. The van der Waals surface area contributed by atoms with Crippen LogP contribution in [0.15, 0.2) is 36.4 Å². The molecule has 1 aromatic heterocycles. The number of nitrogens with one attached hydrogen (secondary N) is 1. The number of carbonyl (C=O) groups is 1. The predicted octanol–water partition coefficient (Wildman–Crippen LogP) is 4.20. The number of halogens is 3. The van der Waals surface area contributed by atoms with Crippen LogP contribution in [0.5, 0.6) is 11.5 Å². The van der Waals surface area contributed by atoms with E-state index in [4.69, 9.17) is 9.47 Å². The summed E-state index contributed by atoms with van der Waals surface area (Å²) in [6.45, 7) is 1.87. The van der Waals surface area contributed by atoms with E-state index in [1.807, 2.05) is 0 Å². The molecule has 0 spiro atoms. The zero-order valence-electron chi connectivity index (χ0n) is 15.1. The second kappa shape index (κ2) is 7.79. The number of H-pyrrole nitrogens is 1. The normalized spacial score (nSPS) is 11.5. The van der Waals surface area contributed by atoms with Crippen LogP contribution in [0.1, 0.15) is 12.5 Å². The molecule has 1 N–H and O–H groups in total. The highest BCUT2D eigenvalue weighted by molar-refractivity contribution is 5.80. The Morgan fingerprint density at radius 1 is 1.11 bits per heavy atom. The van der Waals surface area contributed by atoms with Crippen LogP contribution in [-0.2, 0) is 15.7 Å². The number of benzene rings is 2. The van der Waals surface area contributed by atoms with Crippen LogP contribution in [0.2, 0.25) is 0 Å². The minimum Gasteiger partial charge on any atom is -0.490 e. The van der Waals surface area contributed by atoms with Crippen LogP contribution in [0.4, 0.5) is 13.2 Å². The number of alkyl halides is 3. The molecular weight excluding hydrogens is 377 g/mol. The molecule has 0 unspecified atom stereocenters. The van der Waals surface area contributed by atoms with Gasteiger partial charge in [-0.2, -0.15) is 13.2 Å². The summed E-state index contributed by atoms with van der Waals surface area (Å²) in [4.78, 5) is 18.5. The first-order valence-electron chi connectivity index (χ1n) is 8.35. The van der Waals surface area contributed by atoms with Crippen molar-refractivity contribution in [3.8, 4) is 22.9 Å². The number of fused-ring (bicyclic) bond motifs is 1. The topological polar surface area (TPSA) is 73.4 Å². The number of ether oxygens (including phenoxy) is 3. The lowest BCUT2D eigenvalue weighted by molar-refractivity contribution is -0.143. The number of hydrogen-bond acceptors (Lipinski definition) is 5. The van der Waals surface area contributed by atoms with Gasteiger partial charge in [0.05, 0.1) is 30.3 Å². The third-order valence-electron chi connectivity index (χ3n) is 3.90. The number of hydrogen-bond donors (Lipinski definition) is 1. The van der Waals surface area contributed by atoms with E-state index in [9.17, 15) is 18.0 Å². The summed E-state index contributed by atoms with van der Waals surface area (Å²) in [7, 11) is 1.25. The quantitative estimate of drug-likeness (QED) is 0.635. The van der Waals surface area contributed by atoms with E-state index in [2.05, 4.69) is 14.7 Å². The van der Waals surface area contributed by atoms with Crippen LogP contribution >= 0.6 is 0 Å². The smallest absolute Gasteiger partial charge is 0.416 e. The van der Waals surface area contributed by atoms with Gasteiger partial charge in [-0.1, -0.05) is 0 Å². The number of methoxy groups -OCH3 is 1. The second-order valence-corrected chi connectivity index (χ2v) is 5.77. The van der Waals surface area contributed by atoms with Crippen molar-refractivity contribution in [2.75, 3.05) is 20.3 Å². The van der Waals surface area contributed by atoms with E-state index in [0.717, 1.165) is 12.1 Å². The number of nitrogens with zero attached hydrogens (tertiary/aromatic N) is 1. The Bertz CT molecular complexity index is 998. The summed E-state index contributed by atoms with van der Waals surface area (Å²) >= 11 is 0. The molecule has 6 nitrogen and oxygen atoms in total. The average Bonchev–Trinajstić information content (AvgIpc) is 3.09. The predicted molar refractivity (Wildman–Crippen MR) is 95.2 cm³/mol. The first-order valence-corrected chi connectivity index (χ1v) is 8.35. The molecule has 0 amide bonds. The number of carbonyl (C=O) groups excluding carboxylic acids is 1. The first-order chi connectivity index (χ1) is 13.3. The van der Waals surface area contributed by atoms with Gasteiger partial charge < -0.3 is 19.2 Å². The minimum absolute atomic E-state index is 0.272. The Morgan fingerprint density at radius 2 is 1.89 bits per heavy atom. The van der Waals surface area contributed by atoms with E-state index in [-0.39, 0.29) is 12.1 Å². The molecule has 0 saturated carbocycles. The zero-order valence-corrected chi connectivity index (χ0v) is 15.1. The molecule has 3 aromatic rings. The van der Waals surface area contributed by atoms with Crippen molar-refractivity contribution in [1.29, 1.82) is 0 Å². The minimum atomic E-state index is -4.43. The SMILES string of the molecule is CCOc1cc(-c2nc3ccc(C(F)(F)F)cc3[nH]2)ccc1OCC(=O)OC. The van der Waals surface area contributed by atoms with Crippen molar-refractivity contribution in [2.24, 2.45) is 0 Å². The molecule has 2 aromatic carbocycles. The van der Waals surface area contributed by atoms with Gasteiger partial charge in [0.25, 0.3) is 0 Å². The first kappa shape index (κ1) is 19.5. The van der Waals surface area contributed by atoms with Gasteiger partial charge in [-0.25, -0.2) is 9.78 Å². The van der Waals surface area contributed by atoms with E-state index in [1.54, 1.807) is 25.1 Å². The lowest BCUT2D eigenvalue weighted by Gasteiger charge is -2.12. The number of esters is 1. The molecule has 0 bridgehead atoms. The maximum atomic E-state index is 12.9.